The molecule has 0 amide bonds. The lowest BCUT2D eigenvalue weighted by Crippen LogP contribution is -2.36. The molecule has 0 radical (unpaired) electrons. The van der Waals surface area contributed by atoms with Crippen molar-refractivity contribution in [2.75, 3.05) is 12.4 Å². The minimum absolute atomic E-state index is 0.264. The summed E-state index contributed by atoms with van der Waals surface area (Å²) >= 11 is 0. The Bertz CT molecular complexity index is 444. The zero-order valence-electron chi connectivity index (χ0n) is 12.3. The Morgan fingerprint density at radius 2 is 2.11 bits per heavy atom. The smallest absolute Gasteiger partial charge is 0.144 e. The van der Waals surface area contributed by atoms with Crippen molar-refractivity contribution in [1.29, 1.82) is 0 Å². The summed E-state index contributed by atoms with van der Waals surface area (Å²) < 4.78 is 18.4. The fourth-order valence-corrected chi connectivity index (χ4v) is 3.15. The Morgan fingerprint density at radius 3 is 2.74 bits per heavy atom. The van der Waals surface area contributed by atoms with Crippen LogP contribution in [-0.2, 0) is 0 Å². The minimum atomic E-state index is -0.264. The highest BCUT2D eigenvalue weighted by molar-refractivity contribution is 5.57. The molecule has 1 saturated carbocycles. The van der Waals surface area contributed by atoms with E-state index in [1.807, 2.05) is 0 Å². The van der Waals surface area contributed by atoms with Crippen LogP contribution in [0.4, 0.5) is 10.1 Å². The third-order valence-corrected chi connectivity index (χ3v) is 4.20. The van der Waals surface area contributed by atoms with Crippen LogP contribution < -0.4 is 10.1 Å². The highest BCUT2D eigenvalue weighted by atomic mass is 19.1. The summed E-state index contributed by atoms with van der Waals surface area (Å²) in [6, 6.07) is 5.11. The van der Waals surface area contributed by atoms with Crippen molar-refractivity contribution in [3.63, 3.8) is 0 Å². The topological polar surface area (TPSA) is 21.3 Å². The first-order chi connectivity index (χ1) is 8.91. The minimum Gasteiger partial charge on any atom is -0.494 e. The van der Waals surface area contributed by atoms with Crippen LogP contribution in [0.25, 0.3) is 0 Å². The molecule has 1 aromatic rings. The van der Waals surface area contributed by atoms with Gasteiger partial charge < -0.3 is 10.1 Å². The van der Waals surface area contributed by atoms with E-state index < -0.39 is 0 Å². The molecule has 3 heteroatoms. The van der Waals surface area contributed by atoms with Crippen molar-refractivity contribution < 1.29 is 9.13 Å². The Hall–Kier alpha value is -1.25. The van der Waals surface area contributed by atoms with Crippen LogP contribution in [-0.4, -0.2) is 13.2 Å². The Morgan fingerprint density at radius 1 is 1.37 bits per heavy atom. The van der Waals surface area contributed by atoms with Gasteiger partial charge in [-0.2, -0.15) is 0 Å². The van der Waals surface area contributed by atoms with E-state index in [1.54, 1.807) is 13.2 Å². The molecule has 0 saturated heterocycles. The Kier molecular flexibility index (Phi) is 4.02. The summed E-state index contributed by atoms with van der Waals surface area (Å²) in [4.78, 5) is 0. The number of methoxy groups -OCH3 is 1. The highest BCUT2D eigenvalue weighted by Crippen LogP contribution is 2.40. The fraction of sp³-hybridized carbons (Fsp3) is 0.625. The normalized spacial score (nSPS) is 25.9. The van der Waals surface area contributed by atoms with Gasteiger partial charge in [0.1, 0.15) is 11.6 Å². The van der Waals surface area contributed by atoms with Gasteiger partial charge in [-0.3, -0.25) is 0 Å². The molecule has 2 nitrogen and oxygen atoms in total. The predicted octanol–water partition coefficient (Wildman–Crippen LogP) is 4.46. The summed E-state index contributed by atoms with van der Waals surface area (Å²) in [5.74, 6) is 0.927. The first-order valence-electron chi connectivity index (χ1n) is 7.01. The molecule has 0 spiro atoms. The molecular formula is C16H24FNO. The van der Waals surface area contributed by atoms with E-state index >= 15 is 0 Å². The molecule has 0 heterocycles. The fourth-order valence-electron chi connectivity index (χ4n) is 3.15. The summed E-state index contributed by atoms with van der Waals surface area (Å²) in [5, 5.41) is 3.52. The number of anilines is 1. The third kappa shape index (κ3) is 3.40. The maximum atomic E-state index is 13.2. The molecule has 2 atom stereocenters. The second-order valence-electron chi connectivity index (χ2n) is 6.48. The molecule has 1 aromatic carbocycles. The molecule has 1 aliphatic rings. The molecule has 1 fully saturated rings. The molecule has 0 aliphatic heterocycles. The van der Waals surface area contributed by atoms with Crippen LogP contribution in [0, 0.1) is 17.2 Å². The molecule has 1 N–H and O–H groups in total. The second-order valence-corrected chi connectivity index (χ2v) is 6.48. The van der Waals surface area contributed by atoms with Crippen LogP contribution in [0.1, 0.15) is 40.0 Å². The van der Waals surface area contributed by atoms with Crippen LogP contribution in [0.15, 0.2) is 18.2 Å². The SMILES string of the molecule is COc1cc(F)ccc1NC1CCC(C)(C)CC1C. The van der Waals surface area contributed by atoms with E-state index in [0.29, 0.717) is 23.1 Å². The van der Waals surface area contributed by atoms with E-state index in [0.717, 1.165) is 12.1 Å². The first kappa shape index (κ1) is 14.2. The highest BCUT2D eigenvalue weighted by Gasteiger charge is 2.32. The van der Waals surface area contributed by atoms with Gasteiger partial charge in [0.05, 0.1) is 12.8 Å². The lowest BCUT2D eigenvalue weighted by atomic mass is 9.70. The number of benzene rings is 1. The average Bonchev–Trinajstić information content (AvgIpc) is 2.33. The monoisotopic (exact) mass is 265 g/mol. The molecule has 0 bridgehead atoms. The maximum absolute atomic E-state index is 13.2. The number of ether oxygens (including phenoxy) is 1. The van der Waals surface area contributed by atoms with Crippen LogP contribution >= 0.6 is 0 Å². The van der Waals surface area contributed by atoms with Gasteiger partial charge in [0.2, 0.25) is 0 Å². The predicted molar refractivity (Wildman–Crippen MR) is 77.2 cm³/mol. The van der Waals surface area contributed by atoms with Gasteiger partial charge in [0, 0.05) is 12.1 Å². The number of halogens is 1. The van der Waals surface area contributed by atoms with Crippen molar-refractivity contribution in [2.45, 2.75) is 46.1 Å². The maximum Gasteiger partial charge on any atom is 0.144 e. The van der Waals surface area contributed by atoms with E-state index in [4.69, 9.17) is 4.74 Å². The van der Waals surface area contributed by atoms with Crippen molar-refractivity contribution in [3.8, 4) is 5.75 Å². The molecule has 106 valence electrons. The van der Waals surface area contributed by atoms with Gasteiger partial charge >= 0.3 is 0 Å². The second kappa shape index (κ2) is 5.40. The van der Waals surface area contributed by atoms with Gasteiger partial charge in [-0.25, -0.2) is 4.39 Å². The number of hydrogen-bond acceptors (Lipinski definition) is 2. The van der Waals surface area contributed by atoms with Gasteiger partial charge in [-0.15, -0.1) is 0 Å². The summed E-state index contributed by atoms with van der Waals surface area (Å²) in [6.07, 6.45) is 3.58. The molecule has 2 rings (SSSR count). The van der Waals surface area contributed by atoms with Crippen molar-refractivity contribution in [3.05, 3.63) is 24.0 Å². The number of hydrogen-bond donors (Lipinski definition) is 1. The quantitative estimate of drug-likeness (QED) is 0.871. The average molecular weight is 265 g/mol. The number of rotatable bonds is 3. The van der Waals surface area contributed by atoms with E-state index in [2.05, 4.69) is 26.1 Å². The van der Waals surface area contributed by atoms with Crippen molar-refractivity contribution in [1.82, 2.24) is 0 Å². The largest absolute Gasteiger partial charge is 0.494 e. The molecule has 0 aromatic heterocycles. The van der Waals surface area contributed by atoms with Crippen LogP contribution in [0.2, 0.25) is 0 Å². The van der Waals surface area contributed by atoms with E-state index in [-0.39, 0.29) is 5.82 Å². The standard InChI is InChI=1S/C16H24FNO/c1-11-10-16(2,3)8-7-13(11)18-14-6-5-12(17)9-15(14)19-4/h5-6,9,11,13,18H,7-8,10H2,1-4H3. The third-order valence-electron chi connectivity index (χ3n) is 4.20. The molecule has 1 aliphatic carbocycles. The van der Waals surface area contributed by atoms with E-state index in [1.165, 1.54) is 25.0 Å². The zero-order chi connectivity index (χ0) is 14.0. The molecule has 2 unspecified atom stereocenters. The summed E-state index contributed by atoms with van der Waals surface area (Å²) in [5.41, 5.74) is 1.32. The van der Waals surface area contributed by atoms with Crippen molar-refractivity contribution in [2.24, 2.45) is 11.3 Å². The Labute approximate surface area is 115 Å². The molecule has 19 heavy (non-hydrogen) atoms. The first-order valence-corrected chi connectivity index (χ1v) is 7.01. The molecular weight excluding hydrogens is 241 g/mol. The van der Waals surface area contributed by atoms with Crippen LogP contribution in [0.3, 0.4) is 0 Å². The van der Waals surface area contributed by atoms with E-state index in [9.17, 15) is 4.39 Å². The van der Waals surface area contributed by atoms with Gasteiger partial charge in [0.25, 0.3) is 0 Å². The van der Waals surface area contributed by atoms with Gasteiger partial charge in [-0.1, -0.05) is 20.8 Å². The lowest BCUT2D eigenvalue weighted by Gasteiger charge is -2.40. The number of nitrogens with one attached hydrogen (secondary N) is 1. The zero-order valence-corrected chi connectivity index (χ0v) is 12.3. The summed E-state index contributed by atoms with van der Waals surface area (Å²) in [6.45, 7) is 6.95. The summed E-state index contributed by atoms with van der Waals surface area (Å²) in [7, 11) is 1.58. The lowest BCUT2D eigenvalue weighted by molar-refractivity contribution is 0.177. The van der Waals surface area contributed by atoms with Gasteiger partial charge in [0.15, 0.2) is 0 Å². The Balaban J connectivity index is 2.09. The van der Waals surface area contributed by atoms with Crippen molar-refractivity contribution >= 4 is 5.69 Å². The van der Waals surface area contributed by atoms with Crippen LogP contribution in [0.5, 0.6) is 5.75 Å². The van der Waals surface area contributed by atoms with Gasteiger partial charge in [-0.05, 0) is 42.7 Å².